The second kappa shape index (κ2) is 16.3. The highest BCUT2D eigenvalue weighted by atomic mass is 35.5. The van der Waals surface area contributed by atoms with Crippen LogP contribution >= 0.6 is 11.6 Å². The summed E-state index contributed by atoms with van der Waals surface area (Å²) in [6.07, 6.45) is 8.09. The number of hydrogen-bond acceptors (Lipinski definition) is 11. The van der Waals surface area contributed by atoms with Gasteiger partial charge in [0.05, 0.1) is 22.6 Å². The lowest BCUT2D eigenvalue weighted by molar-refractivity contribution is -0.134. The van der Waals surface area contributed by atoms with E-state index in [0.29, 0.717) is 40.8 Å². The lowest BCUT2D eigenvalue weighted by Gasteiger charge is -2.39. The first kappa shape index (κ1) is 35.6. The first-order valence-electron chi connectivity index (χ1n) is 18.3. The number of hydrogen-bond donors (Lipinski definition) is 2. The summed E-state index contributed by atoms with van der Waals surface area (Å²) in [7, 11) is 0. The summed E-state index contributed by atoms with van der Waals surface area (Å²) < 4.78 is 6.08. The fraction of sp³-hybridized carbons (Fsp3) is 0.500. The predicted octanol–water partition coefficient (Wildman–Crippen LogP) is 4.08. The number of piperidine rings is 2. The number of nitrogens with zero attached hydrogens (tertiary/aromatic N) is 7. The number of imide groups is 1. The number of halogens is 1. The number of aromatic nitrogens is 3. The molecule has 1 aliphatic carbocycles. The molecule has 3 aromatic rings. The Morgan fingerprint density at radius 2 is 1.65 bits per heavy atom. The molecule has 1 saturated carbocycles. The molecule has 272 valence electrons. The largest absolute Gasteiger partial charge is 0.490 e. The number of amides is 3. The van der Waals surface area contributed by atoms with Crippen molar-refractivity contribution in [2.24, 2.45) is 5.92 Å². The Kier molecular flexibility index (Phi) is 11.1. The molecule has 4 fully saturated rings. The van der Waals surface area contributed by atoms with Crippen LogP contribution in [-0.4, -0.2) is 95.8 Å². The van der Waals surface area contributed by atoms with Crippen LogP contribution in [0.15, 0.2) is 48.7 Å². The fourth-order valence-electron chi connectivity index (χ4n) is 7.72. The third-order valence-electron chi connectivity index (χ3n) is 10.8. The van der Waals surface area contributed by atoms with Crippen LogP contribution in [0, 0.1) is 17.2 Å². The molecule has 4 aliphatic rings. The first-order valence-corrected chi connectivity index (χ1v) is 18.7. The standard InChI is InChI=1S/C38H44ClN9O4/c39-32-21-30(5-1-26(32)22-40)52-29-6-3-28(4-7-29)42-38(51)33-9-11-35(45-44-33)47-15-13-25(14-16-47)24-46-17-19-48(20-18-46)34-10-2-27(23-41-34)31-8-12-36(49)43-37(31)50/h1-2,5,9-11,21,23,25,28-29,31H,3-4,6-8,12-20,24H2,(H,42,51)(H,43,49,50). The molecule has 1 atom stereocenters. The molecule has 3 saturated heterocycles. The van der Waals surface area contributed by atoms with Gasteiger partial charge in [0.2, 0.25) is 11.8 Å². The van der Waals surface area contributed by atoms with Gasteiger partial charge in [-0.2, -0.15) is 5.26 Å². The molecule has 14 heteroatoms. The second-order valence-electron chi connectivity index (χ2n) is 14.3. The topological polar surface area (TPSA) is 157 Å². The third-order valence-corrected chi connectivity index (χ3v) is 11.1. The number of ether oxygens (including phenoxy) is 1. The van der Waals surface area contributed by atoms with Gasteiger partial charge < -0.3 is 19.9 Å². The third kappa shape index (κ3) is 8.62. The molecule has 7 rings (SSSR count). The van der Waals surface area contributed by atoms with Gasteiger partial charge in [-0.1, -0.05) is 17.7 Å². The SMILES string of the molecule is N#Cc1ccc(OC2CCC(NC(=O)c3ccc(N4CCC(CN5CCN(c6ccc(C7CCC(=O)NC7=O)cn6)CC5)CC4)nn3)CC2)cc1Cl. The van der Waals surface area contributed by atoms with Gasteiger partial charge in [-0.3, -0.25) is 24.6 Å². The molecule has 2 aromatic heterocycles. The number of piperazine rings is 1. The van der Waals surface area contributed by atoms with Crippen molar-refractivity contribution in [1.82, 2.24) is 30.7 Å². The minimum atomic E-state index is -0.312. The highest BCUT2D eigenvalue weighted by Gasteiger charge is 2.30. The van der Waals surface area contributed by atoms with Gasteiger partial charge in [0.15, 0.2) is 11.5 Å². The van der Waals surface area contributed by atoms with Crippen LogP contribution < -0.4 is 25.2 Å². The summed E-state index contributed by atoms with van der Waals surface area (Å²) in [5, 5.41) is 23.7. The molecule has 0 radical (unpaired) electrons. The van der Waals surface area contributed by atoms with E-state index in [2.05, 4.69) is 46.6 Å². The van der Waals surface area contributed by atoms with E-state index in [1.54, 1.807) is 30.5 Å². The number of pyridine rings is 1. The summed E-state index contributed by atoms with van der Waals surface area (Å²) in [4.78, 5) is 48.4. The van der Waals surface area contributed by atoms with E-state index < -0.39 is 0 Å². The fourth-order valence-corrected chi connectivity index (χ4v) is 7.94. The van der Waals surface area contributed by atoms with Gasteiger partial charge in [0.1, 0.15) is 17.6 Å². The number of carbonyl (C=O) groups excluding carboxylic acids is 3. The quantitative estimate of drug-likeness (QED) is 0.307. The molecule has 3 amide bonds. The Hall–Kier alpha value is -4.80. The molecule has 2 N–H and O–H groups in total. The number of benzene rings is 1. The average Bonchev–Trinajstić information content (AvgIpc) is 3.16. The van der Waals surface area contributed by atoms with Crippen molar-refractivity contribution in [1.29, 1.82) is 5.26 Å². The zero-order chi connectivity index (χ0) is 36.0. The van der Waals surface area contributed by atoms with Gasteiger partial charge in [-0.15, -0.1) is 10.2 Å². The highest BCUT2D eigenvalue weighted by molar-refractivity contribution is 6.31. The Morgan fingerprint density at radius 3 is 2.31 bits per heavy atom. The monoisotopic (exact) mass is 725 g/mol. The van der Waals surface area contributed by atoms with Crippen molar-refractivity contribution in [2.45, 2.75) is 69.4 Å². The van der Waals surface area contributed by atoms with Crippen LogP contribution in [0.3, 0.4) is 0 Å². The van der Waals surface area contributed by atoms with E-state index in [4.69, 9.17) is 21.6 Å². The molecule has 1 aromatic carbocycles. The number of anilines is 2. The Morgan fingerprint density at radius 1 is 0.904 bits per heavy atom. The summed E-state index contributed by atoms with van der Waals surface area (Å²) in [6, 6.07) is 14.8. The zero-order valence-electron chi connectivity index (χ0n) is 29.2. The van der Waals surface area contributed by atoms with Gasteiger partial charge in [0, 0.05) is 70.5 Å². The van der Waals surface area contributed by atoms with Gasteiger partial charge >= 0.3 is 0 Å². The van der Waals surface area contributed by atoms with E-state index in [1.165, 1.54) is 0 Å². The van der Waals surface area contributed by atoms with E-state index in [0.717, 1.165) is 102 Å². The molecule has 5 heterocycles. The lowest BCUT2D eigenvalue weighted by Crippen LogP contribution is -2.49. The first-order chi connectivity index (χ1) is 25.3. The van der Waals surface area contributed by atoms with E-state index in [9.17, 15) is 14.4 Å². The van der Waals surface area contributed by atoms with Gasteiger partial charge in [0.25, 0.3) is 5.91 Å². The average molecular weight is 726 g/mol. The lowest BCUT2D eigenvalue weighted by atomic mass is 9.92. The Balaban J connectivity index is 0.799. The van der Waals surface area contributed by atoms with Crippen molar-refractivity contribution in [3.8, 4) is 11.8 Å². The number of rotatable bonds is 9. The van der Waals surface area contributed by atoms with E-state index in [1.807, 2.05) is 18.2 Å². The van der Waals surface area contributed by atoms with Gasteiger partial charge in [-0.05, 0) is 86.8 Å². The summed E-state index contributed by atoms with van der Waals surface area (Å²) in [6.45, 7) is 6.67. The number of carbonyl (C=O) groups is 3. The van der Waals surface area contributed by atoms with E-state index >= 15 is 0 Å². The van der Waals surface area contributed by atoms with Crippen LogP contribution in [0.5, 0.6) is 5.75 Å². The molecule has 3 aliphatic heterocycles. The molecular weight excluding hydrogens is 682 g/mol. The maximum Gasteiger partial charge on any atom is 0.272 e. The smallest absolute Gasteiger partial charge is 0.272 e. The normalized spacial score (nSPS) is 23.1. The van der Waals surface area contributed by atoms with Crippen LogP contribution in [0.1, 0.15) is 78.9 Å². The van der Waals surface area contributed by atoms with Crippen molar-refractivity contribution in [3.05, 3.63) is 70.5 Å². The minimum absolute atomic E-state index is 0.0353. The maximum absolute atomic E-state index is 13.0. The Labute approximate surface area is 308 Å². The van der Waals surface area contributed by atoms with Crippen molar-refractivity contribution >= 4 is 41.0 Å². The second-order valence-corrected chi connectivity index (χ2v) is 14.7. The Bertz CT molecular complexity index is 1780. The summed E-state index contributed by atoms with van der Waals surface area (Å²) in [5.74, 6) is 2.05. The van der Waals surface area contributed by atoms with Crippen molar-refractivity contribution < 1.29 is 19.1 Å². The van der Waals surface area contributed by atoms with E-state index in [-0.39, 0.29) is 35.8 Å². The van der Waals surface area contributed by atoms with Crippen molar-refractivity contribution in [3.63, 3.8) is 0 Å². The van der Waals surface area contributed by atoms with Crippen molar-refractivity contribution in [2.75, 3.05) is 55.6 Å². The molecule has 0 spiro atoms. The number of nitriles is 1. The predicted molar refractivity (Wildman–Crippen MR) is 195 cm³/mol. The summed E-state index contributed by atoms with van der Waals surface area (Å²) in [5.41, 5.74) is 1.61. The maximum atomic E-state index is 13.0. The molecular formula is C38H44ClN9O4. The molecule has 13 nitrogen and oxygen atoms in total. The van der Waals surface area contributed by atoms with Crippen LogP contribution in [0.25, 0.3) is 0 Å². The van der Waals surface area contributed by atoms with Crippen LogP contribution in [0.2, 0.25) is 5.02 Å². The molecule has 1 unspecified atom stereocenters. The molecule has 0 bridgehead atoms. The number of nitrogens with one attached hydrogen (secondary N) is 2. The van der Waals surface area contributed by atoms with Crippen LogP contribution in [-0.2, 0) is 9.59 Å². The van der Waals surface area contributed by atoms with Crippen LogP contribution in [0.4, 0.5) is 11.6 Å². The minimum Gasteiger partial charge on any atom is -0.490 e. The highest BCUT2D eigenvalue weighted by Crippen LogP contribution is 2.29. The zero-order valence-corrected chi connectivity index (χ0v) is 29.9. The van der Waals surface area contributed by atoms with Gasteiger partial charge in [-0.25, -0.2) is 4.98 Å². The summed E-state index contributed by atoms with van der Waals surface area (Å²) >= 11 is 6.14. The molecule has 52 heavy (non-hydrogen) atoms.